The molecule has 0 aromatic heterocycles. The summed E-state index contributed by atoms with van der Waals surface area (Å²) in [5.74, 6) is -0.0317. The standard InChI is InChI=1S/C19H30N2O4S/c1-16(15-25-2)20-19(22)12-9-17-7-10-18(11-8-17)26(23,24)21-13-5-3-4-6-14-21/h7-8,10-11,16H,3-6,9,12-15H2,1-2H3,(H,20,22). The number of sulfonamides is 1. The van der Waals surface area contributed by atoms with Crippen LogP contribution in [0, 0.1) is 0 Å². The maximum atomic E-state index is 12.8. The van der Waals surface area contributed by atoms with Gasteiger partial charge in [0.15, 0.2) is 0 Å². The summed E-state index contributed by atoms with van der Waals surface area (Å²) in [4.78, 5) is 12.2. The minimum atomic E-state index is -3.42. The Labute approximate surface area is 157 Å². The summed E-state index contributed by atoms with van der Waals surface area (Å²) in [5.41, 5.74) is 0.953. The molecular weight excluding hydrogens is 352 g/mol. The highest BCUT2D eigenvalue weighted by Crippen LogP contribution is 2.21. The van der Waals surface area contributed by atoms with E-state index in [0.29, 0.717) is 37.4 Å². The number of amides is 1. The number of ether oxygens (including phenoxy) is 1. The fourth-order valence-electron chi connectivity index (χ4n) is 3.16. The van der Waals surface area contributed by atoms with Gasteiger partial charge in [-0.3, -0.25) is 4.79 Å². The molecular formula is C19H30N2O4S. The third-order valence-electron chi connectivity index (χ3n) is 4.59. The molecule has 0 bridgehead atoms. The van der Waals surface area contributed by atoms with Crippen LogP contribution in [-0.4, -0.2) is 51.5 Å². The zero-order valence-corrected chi connectivity index (χ0v) is 16.6. The van der Waals surface area contributed by atoms with Gasteiger partial charge in [0.2, 0.25) is 15.9 Å². The van der Waals surface area contributed by atoms with E-state index >= 15 is 0 Å². The normalized spacial score (nSPS) is 17.5. The molecule has 6 nitrogen and oxygen atoms in total. The Bertz CT molecular complexity index is 665. The van der Waals surface area contributed by atoms with Gasteiger partial charge in [-0.1, -0.05) is 25.0 Å². The minimum absolute atomic E-state index is 0.0198. The lowest BCUT2D eigenvalue weighted by Crippen LogP contribution is -2.35. The fraction of sp³-hybridized carbons (Fsp3) is 0.632. The molecule has 1 aromatic carbocycles. The Morgan fingerprint density at radius 2 is 1.77 bits per heavy atom. The number of methoxy groups -OCH3 is 1. The minimum Gasteiger partial charge on any atom is -0.383 e. The number of nitrogens with one attached hydrogen (secondary N) is 1. The summed E-state index contributed by atoms with van der Waals surface area (Å²) in [6, 6.07) is 6.89. The Morgan fingerprint density at radius 3 is 2.35 bits per heavy atom. The summed E-state index contributed by atoms with van der Waals surface area (Å²) in [7, 11) is -1.81. The van der Waals surface area contributed by atoms with Crippen molar-refractivity contribution in [2.45, 2.75) is 56.4 Å². The lowest BCUT2D eigenvalue weighted by atomic mass is 10.1. The van der Waals surface area contributed by atoms with Gasteiger partial charge in [-0.25, -0.2) is 8.42 Å². The quantitative estimate of drug-likeness (QED) is 0.749. The number of aryl methyl sites for hydroxylation is 1. The third-order valence-corrected chi connectivity index (χ3v) is 6.50. The number of hydrogen-bond acceptors (Lipinski definition) is 4. The van der Waals surface area contributed by atoms with E-state index in [0.717, 1.165) is 31.2 Å². The number of hydrogen-bond donors (Lipinski definition) is 1. The molecule has 0 aliphatic carbocycles. The van der Waals surface area contributed by atoms with Crippen molar-refractivity contribution in [1.82, 2.24) is 9.62 Å². The van der Waals surface area contributed by atoms with E-state index in [1.807, 2.05) is 6.92 Å². The van der Waals surface area contributed by atoms with E-state index in [1.54, 1.807) is 35.7 Å². The Kier molecular flexibility index (Phi) is 8.06. The van der Waals surface area contributed by atoms with Crippen LogP contribution >= 0.6 is 0 Å². The molecule has 1 heterocycles. The van der Waals surface area contributed by atoms with Crippen molar-refractivity contribution in [1.29, 1.82) is 0 Å². The fourth-order valence-corrected chi connectivity index (χ4v) is 4.67. The first-order valence-electron chi connectivity index (χ1n) is 9.31. The van der Waals surface area contributed by atoms with E-state index in [4.69, 9.17) is 4.74 Å². The molecule has 1 atom stereocenters. The monoisotopic (exact) mass is 382 g/mol. The van der Waals surface area contributed by atoms with Gasteiger partial charge < -0.3 is 10.1 Å². The number of benzene rings is 1. The summed E-state index contributed by atoms with van der Waals surface area (Å²) in [5, 5.41) is 2.87. The Balaban J connectivity index is 1.92. The van der Waals surface area contributed by atoms with E-state index < -0.39 is 10.0 Å². The molecule has 1 saturated heterocycles. The van der Waals surface area contributed by atoms with Crippen molar-refractivity contribution in [3.8, 4) is 0 Å². The third kappa shape index (κ3) is 6.07. The predicted octanol–water partition coefficient (Wildman–Crippen LogP) is 2.33. The summed E-state index contributed by atoms with van der Waals surface area (Å²) >= 11 is 0. The lowest BCUT2D eigenvalue weighted by molar-refractivity contribution is -0.122. The molecule has 1 N–H and O–H groups in total. The van der Waals surface area contributed by atoms with Crippen LogP contribution < -0.4 is 5.32 Å². The van der Waals surface area contributed by atoms with Crippen molar-refractivity contribution < 1.29 is 17.9 Å². The van der Waals surface area contributed by atoms with Gasteiger partial charge in [0.25, 0.3) is 0 Å². The van der Waals surface area contributed by atoms with Crippen molar-refractivity contribution in [2.75, 3.05) is 26.8 Å². The van der Waals surface area contributed by atoms with Crippen molar-refractivity contribution >= 4 is 15.9 Å². The molecule has 0 saturated carbocycles. The van der Waals surface area contributed by atoms with Gasteiger partial charge in [0.1, 0.15) is 0 Å². The average Bonchev–Trinajstić information content (AvgIpc) is 2.90. The molecule has 7 heteroatoms. The van der Waals surface area contributed by atoms with Gasteiger partial charge >= 0.3 is 0 Å². The zero-order chi connectivity index (χ0) is 19.0. The van der Waals surface area contributed by atoms with Crippen LogP contribution in [0.5, 0.6) is 0 Å². The van der Waals surface area contributed by atoms with Gasteiger partial charge in [-0.05, 0) is 43.9 Å². The van der Waals surface area contributed by atoms with Crippen LogP contribution in [0.25, 0.3) is 0 Å². The second-order valence-corrected chi connectivity index (χ2v) is 8.82. The van der Waals surface area contributed by atoms with Crippen LogP contribution in [0.2, 0.25) is 0 Å². The van der Waals surface area contributed by atoms with Crippen LogP contribution in [0.4, 0.5) is 0 Å². The number of carbonyl (C=O) groups excluding carboxylic acids is 1. The maximum Gasteiger partial charge on any atom is 0.243 e. The summed E-state index contributed by atoms with van der Waals surface area (Å²) in [6.45, 7) is 3.58. The first-order valence-corrected chi connectivity index (χ1v) is 10.7. The lowest BCUT2D eigenvalue weighted by Gasteiger charge is -2.20. The second kappa shape index (κ2) is 10.0. The van der Waals surface area contributed by atoms with Gasteiger partial charge in [0.05, 0.1) is 11.5 Å². The van der Waals surface area contributed by atoms with Gasteiger partial charge in [-0.15, -0.1) is 0 Å². The molecule has 1 amide bonds. The predicted molar refractivity (Wildman–Crippen MR) is 101 cm³/mol. The van der Waals surface area contributed by atoms with Crippen molar-refractivity contribution in [3.05, 3.63) is 29.8 Å². The van der Waals surface area contributed by atoms with E-state index in [1.165, 1.54) is 0 Å². The Morgan fingerprint density at radius 1 is 1.15 bits per heavy atom. The molecule has 1 fully saturated rings. The molecule has 146 valence electrons. The average molecular weight is 383 g/mol. The largest absolute Gasteiger partial charge is 0.383 e. The van der Waals surface area contributed by atoms with Crippen LogP contribution in [-0.2, 0) is 26.0 Å². The SMILES string of the molecule is COCC(C)NC(=O)CCc1ccc(S(=O)(=O)N2CCCCCC2)cc1. The smallest absolute Gasteiger partial charge is 0.243 e. The highest BCUT2D eigenvalue weighted by atomic mass is 32.2. The highest BCUT2D eigenvalue weighted by molar-refractivity contribution is 7.89. The molecule has 0 spiro atoms. The second-order valence-electron chi connectivity index (χ2n) is 6.89. The molecule has 1 aliphatic heterocycles. The molecule has 1 unspecified atom stereocenters. The number of nitrogens with zero attached hydrogens (tertiary/aromatic N) is 1. The van der Waals surface area contributed by atoms with Gasteiger partial charge in [0, 0.05) is 32.7 Å². The van der Waals surface area contributed by atoms with Crippen molar-refractivity contribution in [3.63, 3.8) is 0 Å². The summed E-state index contributed by atoms with van der Waals surface area (Å²) in [6.07, 6.45) is 4.98. The molecule has 0 radical (unpaired) electrons. The molecule has 1 aromatic rings. The highest BCUT2D eigenvalue weighted by Gasteiger charge is 2.24. The molecule has 26 heavy (non-hydrogen) atoms. The topological polar surface area (TPSA) is 75.7 Å². The van der Waals surface area contributed by atoms with Crippen LogP contribution in [0.15, 0.2) is 29.2 Å². The van der Waals surface area contributed by atoms with E-state index in [2.05, 4.69) is 5.32 Å². The first kappa shape index (κ1) is 20.9. The van der Waals surface area contributed by atoms with E-state index in [9.17, 15) is 13.2 Å². The van der Waals surface area contributed by atoms with Crippen LogP contribution in [0.1, 0.15) is 44.6 Å². The summed E-state index contributed by atoms with van der Waals surface area (Å²) < 4.78 is 32.1. The molecule has 2 rings (SSSR count). The van der Waals surface area contributed by atoms with E-state index in [-0.39, 0.29) is 11.9 Å². The number of carbonyl (C=O) groups is 1. The van der Waals surface area contributed by atoms with Gasteiger partial charge in [-0.2, -0.15) is 4.31 Å². The number of rotatable bonds is 8. The zero-order valence-electron chi connectivity index (χ0n) is 15.7. The first-order chi connectivity index (χ1) is 12.4. The van der Waals surface area contributed by atoms with Crippen molar-refractivity contribution in [2.24, 2.45) is 0 Å². The maximum absolute atomic E-state index is 12.8. The molecule has 1 aliphatic rings. The van der Waals surface area contributed by atoms with Crippen LogP contribution in [0.3, 0.4) is 0 Å². The Hall–Kier alpha value is -1.44.